The number of nitrogen functional groups attached to an aromatic ring is 1. The summed E-state index contributed by atoms with van der Waals surface area (Å²) in [7, 11) is 1.71. The summed E-state index contributed by atoms with van der Waals surface area (Å²) in [6.45, 7) is 2.83. The molecule has 0 amide bonds. The molecule has 0 saturated heterocycles. The number of nitrogens with two attached hydrogens (primary N) is 1. The van der Waals surface area contributed by atoms with Crippen LogP contribution in [0.25, 0.3) is 10.2 Å². The molecular formula is C10H13N3OS. The molecular weight excluding hydrogens is 210 g/mol. The van der Waals surface area contributed by atoms with E-state index in [-0.39, 0.29) is 0 Å². The van der Waals surface area contributed by atoms with Gasteiger partial charge in [-0.1, -0.05) is 6.92 Å². The van der Waals surface area contributed by atoms with E-state index in [2.05, 4.69) is 23.0 Å². The lowest BCUT2D eigenvalue weighted by molar-refractivity contribution is 0.185. The number of methoxy groups -OCH3 is 1. The van der Waals surface area contributed by atoms with E-state index in [1.807, 2.05) is 0 Å². The Morgan fingerprint density at radius 1 is 1.53 bits per heavy atom. The zero-order valence-corrected chi connectivity index (χ0v) is 9.54. The Bertz CT molecular complexity index is 469. The summed E-state index contributed by atoms with van der Waals surface area (Å²) in [5, 5.41) is 0.945. The van der Waals surface area contributed by atoms with Gasteiger partial charge in [0.05, 0.1) is 12.0 Å². The third-order valence-electron chi connectivity index (χ3n) is 2.28. The van der Waals surface area contributed by atoms with E-state index in [0.29, 0.717) is 18.3 Å². The number of fused-ring (bicyclic) bond motifs is 1. The molecule has 80 valence electrons. The van der Waals surface area contributed by atoms with E-state index in [4.69, 9.17) is 10.5 Å². The van der Waals surface area contributed by atoms with Gasteiger partial charge < -0.3 is 10.5 Å². The highest BCUT2D eigenvalue weighted by atomic mass is 32.1. The first-order chi connectivity index (χ1) is 7.22. The van der Waals surface area contributed by atoms with Crippen molar-refractivity contribution in [2.75, 3.05) is 19.5 Å². The molecule has 2 N–H and O–H groups in total. The number of rotatable bonds is 3. The molecule has 2 aromatic heterocycles. The fourth-order valence-corrected chi connectivity index (χ4v) is 2.51. The predicted molar refractivity (Wildman–Crippen MR) is 62.1 cm³/mol. The minimum Gasteiger partial charge on any atom is -0.384 e. The van der Waals surface area contributed by atoms with Crippen molar-refractivity contribution in [3.05, 3.63) is 17.3 Å². The second kappa shape index (κ2) is 4.12. The fraction of sp³-hybridized carbons (Fsp3) is 0.400. The van der Waals surface area contributed by atoms with Crippen molar-refractivity contribution in [3.8, 4) is 0 Å². The van der Waals surface area contributed by atoms with E-state index >= 15 is 0 Å². The van der Waals surface area contributed by atoms with Crippen LogP contribution < -0.4 is 5.73 Å². The molecule has 2 aromatic rings. The molecule has 5 heteroatoms. The van der Waals surface area contributed by atoms with Crippen molar-refractivity contribution >= 4 is 27.4 Å². The van der Waals surface area contributed by atoms with E-state index < -0.39 is 0 Å². The molecule has 0 aliphatic carbocycles. The lowest BCUT2D eigenvalue weighted by Crippen LogP contribution is -1.98. The normalized spacial score (nSPS) is 13.2. The van der Waals surface area contributed by atoms with E-state index in [1.165, 1.54) is 11.2 Å². The van der Waals surface area contributed by atoms with Crippen LogP contribution >= 0.6 is 11.3 Å². The number of hydrogen-bond acceptors (Lipinski definition) is 5. The molecule has 1 unspecified atom stereocenters. The molecule has 0 bridgehead atoms. The lowest BCUT2D eigenvalue weighted by atomic mass is 10.1. The van der Waals surface area contributed by atoms with Gasteiger partial charge in [0.1, 0.15) is 17.0 Å². The predicted octanol–water partition coefficient (Wildman–Crippen LogP) is 2.02. The van der Waals surface area contributed by atoms with Crippen molar-refractivity contribution in [1.82, 2.24) is 9.97 Å². The topological polar surface area (TPSA) is 61.0 Å². The molecule has 2 rings (SSSR count). The van der Waals surface area contributed by atoms with Crippen LogP contribution in [0.2, 0.25) is 0 Å². The SMILES string of the molecule is COCC(C)c1cc2c(N)ncnc2s1. The molecule has 0 aliphatic heterocycles. The van der Waals surface area contributed by atoms with Crippen LogP contribution in [0.3, 0.4) is 0 Å². The van der Waals surface area contributed by atoms with E-state index in [9.17, 15) is 0 Å². The Morgan fingerprint density at radius 3 is 3.00 bits per heavy atom. The largest absolute Gasteiger partial charge is 0.384 e. The fourth-order valence-electron chi connectivity index (χ4n) is 1.47. The average Bonchev–Trinajstić information content (AvgIpc) is 2.63. The zero-order valence-electron chi connectivity index (χ0n) is 8.73. The Morgan fingerprint density at radius 2 is 2.33 bits per heavy atom. The van der Waals surface area contributed by atoms with Crippen molar-refractivity contribution in [2.24, 2.45) is 0 Å². The molecule has 0 fully saturated rings. The summed E-state index contributed by atoms with van der Waals surface area (Å²) < 4.78 is 5.12. The van der Waals surface area contributed by atoms with Crippen molar-refractivity contribution in [2.45, 2.75) is 12.8 Å². The van der Waals surface area contributed by atoms with Gasteiger partial charge in [0, 0.05) is 17.9 Å². The monoisotopic (exact) mass is 223 g/mol. The Labute approximate surface area is 92.1 Å². The third kappa shape index (κ3) is 1.93. The Hall–Kier alpha value is -1.20. The van der Waals surface area contributed by atoms with Crippen molar-refractivity contribution in [1.29, 1.82) is 0 Å². The van der Waals surface area contributed by atoms with Gasteiger partial charge >= 0.3 is 0 Å². The molecule has 0 spiro atoms. The smallest absolute Gasteiger partial charge is 0.135 e. The van der Waals surface area contributed by atoms with Gasteiger partial charge in [0.25, 0.3) is 0 Å². The van der Waals surface area contributed by atoms with Gasteiger partial charge in [-0.05, 0) is 6.07 Å². The molecule has 1 atom stereocenters. The van der Waals surface area contributed by atoms with Crippen LogP contribution in [0.15, 0.2) is 12.4 Å². The summed E-state index contributed by atoms with van der Waals surface area (Å²) in [6.07, 6.45) is 1.50. The van der Waals surface area contributed by atoms with E-state index in [1.54, 1.807) is 18.4 Å². The molecule has 15 heavy (non-hydrogen) atoms. The maximum absolute atomic E-state index is 5.77. The summed E-state index contributed by atoms with van der Waals surface area (Å²) in [4.78, 5) is 10.3. The molecule has 0 radical (unpaired) electrons. The van der Waals surface area contributed by atoms with Crippen LogP contribution in [-0.4, -0.2) is 23.7 Å². The summed E-state index contributed by atoms with van der Waals surface area (Å²) in [6, 6.07) is 2.05. The lowest BCUT2D eigenvalue weighted by Gasteiger charge is -2.05. The first-order valence-corrected chi connectivity index (χ1v) is 5.53. The van der Waals surface area contributed by atoms with Crippen molar-refractivity contribution < 1.29 is 4.74 Å². The second-order valence-corrected chi connectivity index (χ2v) is 4.55. The summed E-state index contributed by atoms with van der Waals surface area (Å²) in [5.41, 5.74) is 5.77. The Kier molecular flexibility index (Phi) is 2.83. The van der Waals surface area contributed by atoms with Crippen LogP contribution in [0.4, 0.5) is 5.82 Å². The number of anilines is 1. The van der Waals surface area contributed by atoms with Crippen molar-refractivity contribution in [3.63, 3.8) is 0 Å². The first kappa shape index (κ1) is 10.3. The molecule has 0 aliphatic rings. The third-order valence-corrected chi connectivity index (χ3v) is 3.56. The highest BCUT2D eigenvalue weighted by Gasteiger charge is 2.11. The van der Waals surface area contributed by atoms with Crippen LogP contribution in [0.5, 0.6) is 0 Å². The van der Waals surface area contributed by atoms with Gasteiger partial charge in [-0.15, -0.1) is 11.3 Å². The molecule has 0 saturated carbocycles. The minimum atomic E-state index is 0.369. The first-order valence-electron chi connectivity index (χ1n) is 4.71. The highest BCUT2D eigenvalue weighted by Crippen LogP contribution is 2.31. The van der Waals surface area contributed by atoms with Gasteiger partial charge in [-0.3, -0.25) is 0 Å². The number of thiophene rings is 1. The van der Waals surface area contributed by atoms with Gasteiger partial charge in [0.2, 0.25) is 0 Å². The highest BCUT2D eigenvalue weighted by molar-refractivity contribution is 7.18. The second-order valence-electron chi connectivity index (χ2n) is 3.48. The van der Waals surface area contributed by atoms with Gasteiger partial charge in [0.15, 0.2) is 0 Å². The van der Waals surface area contributed by atoms with Crippen LogP contribution in [-0.2, 0) is 4.74 Å². The minimum absolute atomic E-state index is 0.369. The van der Waals surface area contributed by atoms with Gasteiger partial charge in [-0.25, -0.2) is 9.97 Å². The maximum atomic E-state index is 5.77. The van der Waals surface area contributed by atoms with Crippen LogP contribution in [0.1, 0.15) is 17.7 Å². The standard InChI is InChI=1S/C10H13N3OS/c1-6(4-14-2)8-3-7-9(11)12-5-13-10(7)15-8/h3,5-6H,4H2,1-2H3,(H2,11,12,13). The number of aromatic nitrogens is 2. The summed E-state index contributed by atoms with van der Waals surface area (Å²) in [5.74, 6) is 0.917. The number of hydrogen-bond donors (Lipinski definition) is 1. The average molecular weight is 223 g/mol. The summed E-state index contributed by atoms with van der Waals surface area (Å²) >= 11 is 1.65. The zero-order chi connectivity index (χ0) is 10.8. The molecule has 0 aromatic carbocycles. The van der Waals surface area contributed by atoms with E-state index in [0.717, 1.165) is 10.2 Å². The van der Waals surface area contributed by atoms with Gasteiger partial charge in [-0.2, -0.15) is 0 Å². The Balaban J connectivity index is 2.43. The van der Waals surface area contributed by atoms with Crippen LogP contribution in [0, 0.1) is 0 Å². The molecule has 2 heterocycles. The number of ether oxygens (including phenoxy) is 1. The number of nitrogens with zero attached hydrogens (tertiary/aromatic N) is 2. The quantitative estimate of drug-likeness (QED) is 0.864. The molecule has 4 nitrogen and oxygen atoms in total. The maximum Gasteiger partial charge on any atom is 0.135 e.